The van der Waals surface area contributed by atoms with E-state index < -0.39 is 11.5 Å². The van der Waals surface area contributed by atoms with Gasteiger partial charge in [0.25, 0.3) is 0 Å². The number of carbonyl (C=O) groups excluding carboxylic acids is 1. The lowest BCUT2D eigenvalue weighted by molar-refractivity contribution is -0.123. The molecule has 0 spiro atoms. The van der Waals surface area contributed by atoms with Crippen LogP contribution >= 0.6 is 11.3 Å². The van der Waals surface area contributed by atoms with Crippen LogP contribution in [0.3, 0.4) is 0 Å². The predicted molar refractivity (Wildman–Crippen MR) is 118 cm³/mol. The Hall–Kier alpha value is -2.47. The number of piperidine rings is 1. The SMILES string of the molecule is CN1CCC(C(=O)Nc2ccc(C(O)c3cccs3)cc2)(c2ccccc2)CC1. The fourth-order valence-corrected chi connectivity index (χ4v) is 4.75. The number of nitrogens with one attached hydrogen (secondary N) is 1. The first-order valence-corrected chi connectivity index (χ1v) is 10.8. The maximum atomic E-state index is 13.4. The second-order valence-corrected chi connectivity index (χ2v) is 8.72. The number of hydrogen-bond acceptors (Lipinski definition) is 4. The third-order valence-corrected chi connectivity index (χ3v) is 6.82. The minimum atomic E-state index is -0.635. The number of rotatable bonds is 5. The van der Waals surface area contributed by atoms with Crippen LogP contribution in [0.1, 0.15) is 34.9 Å². The van der Waals surface area contributed by atoms with Crippen molar-refractivity contribution in [2.75, 3.05) is 25.5 Å². The highest BCUT2D eigenvalue weighted by Gasteiger charge is 2.42. The number of aliphatic hydroxyl groups is 1. The lowest BCUT2D eigenvalue weighted by Crippen LogP contribution is -2.48. The lowest BCUT2D eigenvalue weighted by Gasteiger charge is -2.39. The molecule has 1 amide bonds. The van der Waals surface area contributed by atoms with Gasteiger partial charge in [-0.15, -0.1) is 11.3 Å². The van der Waals surface area contributed by atoms with E-state index in [0.29, 0.717) is 0 Å². The summed E-state index contributed by atoms with van der Waals surface area (Å²) in [5.74, 6) is 0.0448. The van der Waals surface area contributed by atoms with E-state index >= 15 is 0 Å². The van der Waals surface area contributed by atoms with Crippen molar-refractivity contribution >= 4 is 22.9 Å². The van der Waals surface area contributed by atoms with Gasteiger partial charge in [0.2, 0.25) is 5.91 Å². The summed E-state index contributed by atoms with van der Waals surface area (Å²) in [6.07, 6.45) is 0.965. The number of likely N-dealkylation sites (tertiary alicyclic amines) is 1. The molecule has 1 atom stereocenters. The maximum absolute atomic E-state index is 13.4. The summed E-state index contributed by atoms with van der Waals surface area (Å²) < 4.78 is 0. The molecule has 1 fully saturated rings. The van der Waals surface area contributed by atoms with E-state index in [1.54, 1.807) is 0 Å². The van der Waals surface area contributed by atoms with Gasteiger partial charge in [-0.3, -0.25) is 4.79 Å². The number of anilines is 1. The van der Waals surface area contributed by atoms with Crippen molar-refractivity contribution in [2.24, 2.45) is 0 Å². The number of amides is 1. The highest BCUT2D eigenvalue weighted by molar-refractivity contribution is 7.10. The lowest BCUT2D eigenvalue weighted by atomic mass is 9.72. The number of benzene rings is 2. The van der Waals surface area contributed by atoms with Gasteiger partial charge in [-0.2, -0.15) is 0 Å². The van der Waals surface area contributed by atoms with Crippen LogP contribution < -0.4 is 5.32 Å². The van der Waals surface area contributed by atoms with Crippen LogP contribution in [0.15, 0.2) is 72.1 Å². The fraction of sp³-hybridized carbons (Fsp3) is 0.292. The zero-order chi connectivity index (χ0) is 20.3. The Morgan fingerprint density at radius 3 is 2.34 bits per heavy atom. The van der Waals surface area contributed by atoms with E-state index in [4.69, 9.17) is 0 Å². The standard InChI is InChI=1S/C24H26N2O2S/c1-26-15-13-24(14-16-26,19-6-3-2-4-7-19)23(28)25-20-11-9-18(10-12-20)22(27)21-8-5-17-29-21/h2-12,17,22,27H,13-16H2,1H3,(H,25,28). The molecule has 4 nitrogen and oxygen atoms in total. The van der Waals surface area contributed by atoms with Crippen molar-refractivity contribution < 1.29 is 9.90 Å². The van der Waals surface area contributed by atoms with Gasteiger partial charge in [0, 0.05) is 10.6 Å². The highest BCUT2D eigenvalue weighted by atomic mass is 32.1. The molecule has 29 heavy (non-hydrogen) atoms. The molecule has 2 N–H and O–H groups in total. The van der Waals surface area contributed by atoms with Gasteiger partial charge in [0.15, 0.2) is 0 Å². The van der Waals surface area contributed by atoms with E-state index in [9.17, 15) is 9.90 Å². The van der Waals surface area contributed by atoms with Gasteiger partial charge in [0.1, 0.15) is 6.10 Å². The Morgan fingerprint density at radius 1 is 1.03 bits per heavy atom. The predicted octanol–water partition coefficient (Wildman–Crippen LogP) is 4.43. The molecular weight excluding hydrogens is 380 g/mol. The summed E-state index contributed by atoms with van der Waals surface area (Å²) in [4.78, 5) is 16.6. The van der Waals surface area contributed by atoms with Crippen LogP contribution in [0.25, 0.3) is 0 Å². The molecule has 0 aliphatic carbocycles. The van der Waals surface area contributed by atoms with Crippen molar-refractivity contribution in [3.8, 4) is 0 Å². The minimum absolute atomic E-state index is 0.0448. The molecular formula is C24H26N2O2S. The number of thiophene rings is 1. The molecule has 1 aliphatic rings. The zero-order valence-electron chi connectivity index (χ0n) is 16.5. The number of hydrogen-bond donors (Lipinski definition) is 2. The van der Waals surface area contributed by atoms with Crippen LogP contribution in [0.2, 0.25) is 0 Å². The van der Waals surface area contributed by atoms with Crippen LogP contribution in [-0.4, -0.2) is 36.1 Å². The third-order valence-electron chi connectivity index (χ3n) is 5.90. The van der Waals surface area contributed by atoms with E-state index in [0.717, 1.165) is 47.6 Å². The van der Waals surface area contributed by atoms with Crippen molar-refractivity contribution in [1.29, 1.82) is 0 Å². The molecule has 1 aliphatic heterocycles. The minimum Gasteiger partial charge on any atom is -0.383 e. The van der Waals surface area contributed by atoms with Gasteiger partial charge in [-0.1, -0.05) is 48.5 Å². The smallest absolute Gasteiger partial charge is 0.235 e. The number of nitrogens with zero attached hydrogens (tertiary/aromatic N) is 1. The second-order valence-electron chi connectivity index (χ2n) is 7.75. The van der Waals surface area contributed by atoms with Crippen molar-refractivity contribution in [3.05, 3.63) is 88.1 Å². The molecule has 0 bridgehead atoms. The molecule has 0 saturated carbocycles. The normalized spacial score (nSPS) is 17.6. The molecule has 1 unspecified atom stereocenters. The molecule has 1 saturated heterocycles. The summed E-state index contributed by atoms with van der Waals surface area (Å²) in [6.45, 7) is 1.79. The van der Waals surface area contributed by atoms with Crippen LogP contribution in [-0.2, 0) is 10.2 Å². The first-order chi connectivity index (χ1) is 14.1. The summed E-state index contributed by atoms with van der Waals surface area (Å²) in [5.41, 5.74) is 2.15. The summed E-state index contributed by atoms with van der Waals surface area (Å²) in [7, 11) is 2.10. The quantitative estimate of drug-likeness (QED) is 0.659. The van der Waals surface area contributed by atoms with Gasteiger partial charge >= 0.3 is 0 Å². The van der Waals surface area contributed by atoms with Crippen molar-refractivity contribution in [2.45, 2.75) is 24.4 Å². The van der Waals surface area contributed by atoms with Crippen LogP contribution in [0.4, 0.5) is 5.69 Å². The number of carbonyl (C=O) groups is 1. The molecule has 150 valence electrons. The summed E-state index contributed by atoms with van der Waals surface area (Å²) in [6, 6.07) is 21.5. The largest absolute Gasteiger partial charge is 0.383 e. The third kappa shape index (κ3) is 4.13. The van der Waals surface area contributed by atoms with E-state index in [1.807, 2.05) is 60.0 Å². The van der Waals surface area contributed by atoms with Gasteiger partial charge in [-0.05, 0) is 67.7 Å². The molecule has 5 heteroatoms. The van der Waals surface area contributed by atoms with E-state index in [2.05, 4.69) is 29.4 Å². The summed E-state index contributed by atoms with van der Waals surface area (Å²) in [5, 5.41) is 15.6. The number of aliphatic hydroxyl groups excluding tert-OH is 1. The van der Waals surface area contributed by atoms with Crippen LogP contribution in [0, 0.1) is 0 Å². The molecule has 0 radical (unpaired) electrons. The molecule has 2 heterocycles. The fourth-order valence-electron chi connectivity index (χ4n) is 4.01. The maximum Gasteiger partial charge on any atom is 0.235 e. The topological polar surface area (TPSA) is 52.6 Å². The average molecular weight is 407 g/mol. The zero-order valence-corrected chi connectivity index (χ0v) is 17.4. The first-order valence-electron chi connectivity index (χ1n) is 9.95. The summed E-state index contributed by atoms with van der Waals surface area (Å²) >= 11 is 1.53. The Bertz CT molecular complexity index is 931. The van der Waals surface area contributed by atoms with Gasteiger partial charge in [-0.25, -0.2) is 0 Å². The van der Waals surface area contributed by atoms with E-state index in [-0.39, 0.29) is 5.91 Å². The van der Waals surface area contributed by atoms with Crippen LogP contribution in [0.5, 0.6) is 0 Å². The molecule has 3 aromatic rings. The Morgan fingerprint density at radius 2 is 1.72 bits per heavy atom. The van der Waals surface area contributed by atoms with Crippen molar-refractivity contribution in [1.82, 2.24) is 4.90 Å². The van der Waals surface area contributed by atoms with Gasteiger partial charge < -0.3 is 15.3 Å². The molecule has 1 aromatic heterocycles. The Labute approximate surface area is 175 Å². The Kier molecular flexibility index (Phi) is 5.81. The second kappa shape index (κ2) is 8.49. The Balaban J connectivity index is 1.53. The van der Waals surface area contributed by atoms with Crippen molar-refractivity contribution in [3.63, 3.8) is 0 Å². The van der Waals surface area contributed by atoms with Gasteiger partial charge in [0.05, 0.1) is 5.41 Å². The molecule has 4 rings (SSSR count). The molecule has 2 aromatic carbocycles. The average Bonchev–Trinajstić information content (AvgIpc) is 3.30. The highest BCUT2D eigenvalue weighted by Crippen LogP contribution is 2.36. The van der Waals surface area contributed by atoms with E-state index in [1.165, 1.54) is 11.3 Å². The first kappa shape index (κ1) is 19.8. The monoisotopic (exact) mass is 406 g/mol.